The van der Waals surface area contributed by atoms with Gasteiger partial charge in [-0.1, -0.05) is 41.7 Å². The predicted molar refractivity (Wildman–Crippen MR) is 65.6 cm³/mol. The van der Waals surface area contributed by atoms with Gasteiger partial charge in [-0.2, -0.15) is 4.57 Å². The van der Waals surface area contributed by atoms with Gasteiger partial charge in [0.15, 0.2) is 12.2 Å². The Bertz CT molecular complexity index is 456. The first-order valence-corrected chi connectivity index (χ1v) is 6.31. The van der Waals surface area contributed by atoms with Crippen molar-refractivity contribution < 1.29 is 22.1 Å². The first kappa shape index (κ1) is 14.2. The fourth-order valence-electron chi connectivity index (χ4n) is 1.75. The van der Waals surface area contributed by atoms with Gasteiger partial charge in [-0.15, -0.1) is 0 Å². The lowest BCUT2D eigenvalue weighted by atomic mass is 10.2. The van der Waals surface area contributed by atoms with E-state index in [1.54, 1.807) is 11.3 Å². The van der Waals surface area contributed by atoms with Crippen LogP contribution in [0.3, 0.4) is 0 Å². The van der Waals surface area contributed by atoms with Crippen molar-refractivity contribution in [3.05, 3.63) is 52.0 Å². The van der Waals surface area contributed by atoms with Gasteiger partial charge in [0.05, 0.1) is 18.4 Å². The number of nitrogens with zero attached hydrogens (tertiary/aromatic N) is 1. The fourth-order valence-corrected chi connectivity index (χ4v) is 2.72. The van der Waals surface area contributed by atoms with Crippen LogP contribution in [0.25, 0.3) is 0 Å². The summed E-state index contributed by atoms with van der Waals surface area (Å²) in [6, 6.07) is 10.4. The quantitative estimate of drug-likeness (QED) is 0.703. The summed E-state index contributed by atoms with van der Waals surface area (Å²) in [6.07, 6.45) is 0.741. The molecule has 2 aromatic rings. The third-order valence-electron chi connectivity index (χ3n) is 2.60. The first-order valence-electron chi connectivity index (χ1n) is 5.43. The monoisotopic (exact) mass is 269 g/mol. The summed E-state index contributed by atoms with van der Waals surface area (Å²) in [7, 11) is 0. The molecule has 92 valence electrons. The standard InChI is InChI=1S/C13H16NOS.ClH/c1-11-10-16-13(7-8-15)14(11)9-12-5-3-2-4-6-12;/h2-6,10,15H,7-9H2,1H3;1H/q+1;/p-1. The van der Waals surface area contributed by atoms with Gasteiger partial charge in [-0.3, -0.25) is 0 Å². The minimum absolute atomic E-state index is 0. The number of thiazole rings is 1. The SMILES string of the molecule is Cc1csc(CCO)[n+]1Cc1ccccc1.[Cl-]. The Hall–Kier alpha value is -0.900. The van der Waals surface area contributed by atoms with Crippen molar-refractivity contribution in [1.82, 2.24) is 0 Å². The molecule has 1 heterocycles. The van der Waals surface area contributed by atoms with Gasteiger partial charge in [0.25, 0.3) is 0 Å². The summed E-state index contributed by atoms with van der Waals surface area (Å²) in [4.78, 5) is 0. The molecule has 0 aliphatic heterocycles. The van der Waals surface area contributed by atoms with Crippen LogP contribution in [-0.4, -0.2) is 11.7 Å². The molecule has 0 radical (unpaired) electrons. The first-order chi connectivity index (χ1) is 7.81. The molecular formula is C13H16ClNOS. The Morgan fingerprint density at radius 3 is 2.59 bits per heavy atom. The maximum atomic E-state index is 9.01. The van der Waals surface area contributed by atoms with Gasteiger partial charge in [0.1, 0.15) is 0 Å². The van der Waals surface area contributed by atoms with Crippen molar-refractivity contribution >= 4 is 11.3 Å². The molecule has 0 aliphatic carbocycles. The van der Waals surface area contributed by atoms with Crippen LogP contribution >= 0.6 is 11.3 Å². The molecule has 0 unspecified atom stereocenters. The average molecular weight is 270 g/mol. The summed E-state index contributed by atoms with van der Waals surface area (Å²) in [5.74, 6) is 0. The third kappa shape index (κ3) is 3.53. The van der Waals surface area contributed by atoms with Gasteiger partial charge in [0, 0.05) is 12.5 Å². The third-order valence-corrected chi connectivity index (χ3v) is 3.76. The molecule has 0 spiro atoms. The molecule has 0 aliphatic rings. The lowest BCUT2D eigenvalue weighted by Crippen LogP contribution is -3.00. The van der Waals surface area contributed by atoms with E-state index in [0.717, 1.165) is 13.0 Å². The van der Waals surface area contributed by atoms with E-state index in [1.165, 1.54) is 16.3 Å². The van der Waals surface area contributed by atoms with Crippen molar-refractivity contribution in [2.24, 2.45) is 0 Å². The molecule has 1 aromatic carbocycles. The van der Waals surface area contributed by atoms with E-state index in [4.69, 9.17) is 5.11 Å². The Morgan fingerprint density at radius 2 is 1.94 bits per heavy atom. The van der Waals surface area contributed by atoms with Gasteiger partial charge < -0.3 is 17.5 Å². The normalized spacial score (nSPS) is 10.0. The van der Waals surface area contributed by atoms with Crippen LogP contribution in [0.15, 0.2) is 35.7 Å². The van der Waals surface area contributed by atoms with E-state index in [-0.39, 0.29) is 19.0 Å². The number of aliphatic hydroxyl groups is 1. The Kier molecular flexibility index (Phi) is 5.62. The molecule has 0 saturated heterocycles. The highest BCUT2D eigenvalue weighted by molar-refractivity contribution is 7.09. The highest BCUT2D eigenvalue weighted by atomic mass is 35.5. The van der Waals surface area contributed by atoms with Crippen molar-refractivity contribution in [1.29, 1.82) is 0 Å². The minimum Gasteiger partial charge on any atom is -1.00 e. The molecular weight excluding hydrogens is 254 g/mol. The van der Waals surface area contributed by atoms with Crippen LogP contribution in [-0.2, 0) is 13.0 Å². The predicted octanol–water partition coefficient (Wildman–Crippen LogP) is -1.07. The highest BCUT2D eigenvalue weighted by Gasteiger charge is 2.16. The van der Waals surface area contributed by atoms with Crippen molar-refractivity contribution in [2.45, 2.75) is 19.9 Å². The topological polar surface area (TPSA) is 24.1 Å². The second-order valence-corrected chi connectivity index (χ2v) is 4.76. The van der Waals surface area contributed by atoms with E-state index in [0.29, 0.717) is 0 Å². The summed E-state index contributed by atoms with van der Waals surface area (Å²) < 4.78 is 2.27. The molecule has 2 rings (SSSR count). The summed E-state index contributed by atoms with van der Waals surface area (Å²) in [5, 5.41) is 12.4. The molecule has 0 saturated carbocycles. The number of aryl methyl sites for hydroxylation is 1. The Balaban J connectivity index is 0.00000144. The molecule has 17 heavy (non-hydrogen) atoms. The maximum Gasteiger partial charge on any atom is 0.240 e. The lowest BCUT2D eigenvalue weighted by Gasteiger charge is -1.99. The molecule has 0 amide bonds. The molecule has 2 nitrogen and oxygen atoms in total. The zero-order valence-electron chi connectivity index (χ0n) is 9.77. The molecule has 0 atom stereocenters. The van der Waals surface area contributed by atoms with Gasteiger partial charge >= 0.3 is 0 Å². The number of benzene rings is 1. The van der Waals surface area contributed by atoms with Crippen molar-refractivity contribution in [3.63, 3.8) is 0 Å². The number of hydrogen-bond acceptors (Lipinski definition) is 2. The van der Waals surface area contributed by atoms with Crippen molar-refractivity contribution in [2.75, 3.05) is 6.61 Å². The van der Waals surface area contributed by atoms with Crippen LogP contribution in [0, 0.1) is 6.92 Å². The minimum atomic E-state index is 0. The Labute approximate surface area is 112 Å². The summed E-state index contributed by atoms with van der Waals surface area (Å²) >= 11 is 1.72. The smallest absolute Gasteiger partial charge is 0.240 e. The second-order valence-electron chi connectivity index (χ2n) is 3.82. The maximum absolute atomic E-state index is 9.01. The van der Waals surface area contributed by atoms with Crippen molar-refractivity contribution in [3.8, 4) is 0 Å². The lowest BCUT2D eigenvalue weighted by molar-refractivity contribution is -0.696. The molecule has 4 heteroatoms. The molecule has 1 aromatic heterocycles. The number of aromatic nitrogens is 1. The number of halogens is 1. The molecule has 0 bridgehead atoms. The molecule has 0 fully saturated rings. The second kappa shape index (κ2) is 6.74. The number of aliphatic hydroxyl groups excluding tert-OH is 1. The van der Waals surface area contributed by atoms with Crippen LogP contribution < -0.4 is 17.0 Å². The van der Waals surface area contributed by atoms with E-state index in [1.807, 2.05) is 6.07 Å². The van der Waals surface area contributed by atoms with Crippen LogP contribution in [0.1, 0.15) is 16.3 Å². The Morgan fingerprint density at radius 1 is 1.24 bits per heavy atom. The van der Waals surface area contributed by atoms with Crippen LogP contribution in [0.4, 0.5) is 0 Å². The number of hydrogen-bond donors (Lipinski definition) is 1. The van der Waals surface area contributed by atoms with Gasteiger partial charge in [0.2, 0.25) is 5.01 Å². The van der Waals surface area contributed by atoms with E-state index in [9.17, 15) is 0 Å². The van der Waals surface area contributed by atoms with E-state index < -0.39 is 0 Å². The van der Waals surface area contributed by atoms with Gasteiger partial charge in [-0.25, -0.2) is 0 Å². The van der Waals surface area contributed by atoms with E-state index in [2.05, 4.69) is 41.1 Å². The summed E-state index contributed by atoms with van der Waals surface area (Å²) in [6.45, 7) is 3.22. The largest absolute Gasteiger partial charge is 1.00 e. The highest BCUT2D eigenvalue weighted by Crippen LogP contribution is 2.09. The van der Waals surface area contributed by atoms with E-state index >= 15 is 0 Å². The van der Waals surface area contributed by atoms with Crippen LogP contribution in [0.2, 0.25) is 0 Å². The zero-order valence-corrected chi connectivity index (χ0v) is 11.3. The summed E-state index contributed by atoms with van der Waals surface area (Å²) in [5.41, 5.74) is 2.56. The average Bonchev–Trinajstić information content (AvgIpc) is 2.64. The van der Waals surface area contributed by atoms with Gasteiger partial charge in [-0.05, 0) is 0 Å². The zero-order chi connectivity index (χ0) is 11.4. The van der Waals surface area contributed by atoms with Crippen LogP contribution in [0.5, 0.6) is 0 Å². The molecule has 1 N–H and O–H groups in total. The fraction of sp³-hybridized carbons (Fsp3) is 0.308. The number of rotatable bonds is 4.